The van der Waals surface area contributed by atoms with Crippen molar-refractivity contribution in [1.82, 2.24) is 5.09 Å². The Kier molecular flexibility index (Phi) is 3.66. The van der Waals surface area contributed by atoms with Crippen LogP contribution in [-0.2, 0) is 0 Å². The van der Waals surface area contributed by atoms with Gasteiger partial charge < -0.3 is 0 Å². The van der Waals surface area contributed by atoms with E-state index < -0.39 is 19.0 Å². The Labute approximate surface area is 110 Å². The third-order valence-corrected chi connectivity index (χ3v) is 4.83. The summed E-state index contributed by atoms with van der Waals surface area (Å²) in [5, 5.41) is 1.32. The Bertz CT molecular complexity index is 537. The zero-order valence-corrected chi connectivity index (χ0v) is 11.3. The zero-order chi connectivity index (χ0) is 14.0. The van der Waals surface area contributed by atoms with Gasteiger partial charge >= 0.3 is 110 Å². The molecule has 0 spiro atoms. The van der Waals surface area contributed by atoms with E-state index in [-0.39, 0.29) is 0 Å². The minimum atomic E-state index is -6.55. The van der Waals surface area contributed by atoms with Crippen molar-refractivity contribution in [2.75, 3.05) is 0 Å². The molecule has 0 amide bonds. The molecule has 102 valence electrons. The van der Waals surface area contributed by atoms with Crippen LogP contribution in [0.2, 0.25) is 0 Å². The van der Waals surface area contributed by atoms with Crippen LogP contribution in [0.3, 0.4) is 0 Å². The van der Waals surface area contributed by atoms with Crippen LogP contribution in [0.5, 0.6) is 0 Å². The van der Waals surface area contributed by atoms with Gasteiger partial charge in [-0.2, -0.15) is 0 Å². The van der Waals surface area contributed by atoms with Gasteiger partial charge in [-0.05, 0) is 0 Å². The first-order chi connectivity index (χ1) is 8.87. The van der Waals surface area contributed by atoms with Crippen molar-refractivity contribution in [3.8, 4) is 0 Å². The van der Waals surface area contributed by atoms with E-state index in [0.29, 0.717) is 5.56 Å². The summed E-state index contributed by atoms with van der Waals surface area (Å²) in [6.45, 7) is 1.53. The molecule has 0 radical (unpaired) electrons. The van der Waals surface area contributed by atoms with Gasteiger partial charge in [0.2, 0.25) is 0 Å². The minimum absolute atomic E-state index is 0.573. The third-order valence-electron chi connectivity index (χ3n) is 2.88. The van der Waals surface area contributed by atoms with Gasteiger partial charge in [-0.1, -0.05) is 0 Å². The SMILES string of the molecule is CC(NP(F)(F)(F)c1ccccc1)c1ccccc1. The summed E-state index contributed by atoms with van der Waals surface area (Å²) >= 11 is 0. The molecule has 19 heavy (non-hydrogen) atoms. The zero-order valence-electron chi connectivity index (χ0n) is 10.4. The summed E-state index contributed by atoms with van der Waals surface area (Å²) in [4.78, 5) is 0. The molecule has 0 saturated heterocycles. The summed E-state index contributed by atoms with van der Waals surface area (Å²) in [5.41, 5.74) is 0.625. The van der Waals surface area contributed by atoms with Crippen LogP contribution in [0.25, 0.3) is 0 Å². The number of rotatable bonds is 4. The average Bonchev–Trinajstić information content (AvgIpc) is 2.40. The second-order valence-electron chi connectivity index (χ2n) is 4.41. The standard InChI is InChI=1S/C14H15F3NP/c1-12(13-8-4-2-5-9-13)18-19(15,16,17)14-10-6-3-7-11-14/h2-12,18H,1H3. The van der Waals surface area contributed by atoms with Crippen molar-refractivity contribution in [1.29, 1.82) is 0 Å². The summed E-state index contributed by atoms with van der Waals surface area (Å²) < 4.78 is 42.4. The van der Waals surface area contributed by atoms with E-state index in [2.05, 4.69) is 0 Å². The molecule has 0 aromatic heterocycles. The van der Waals surface area contributed by atoms with Crippen LogP contribution in [-0.4, -0.2) is 0 Å². The van der Waals surface area contributed by atoms with E-state index in [9.17, 15) is 12.6 Å². The molecular weight excluding hydrogens is 270 g/mol. The normalized spacial score (nSPS) is 15.5. The molecule has 1 unspecified atom stereocenters. The van der Waals surface area contributed by atoms with E-state index in [1.54, 1.807) is 36.4 Å². The molecule has 5 heteroatoms. The van der Waals surface area contributed by atoms with Crippen LogP contribution in [0, 0.1) is 0 Å². The Balaban J connectivity index is 2.26. The molecule has 0 heterocycles. The van der Waals surface area contributed by atoms with Gasteiger partial charge in [0.05, 0.1) is 0 Å². The molecule has 0 aliphatic carbocycles. The quantitative estimate of drug-likeness (QED) is 0.797. The van der Waals surface area contributed by atoms with E-state index >= 15 is 0 Å². The first-order valence-corrected chi connectivity index (χ1v) is 7.84. The molecule has 0 saturated carbocycles. The summed E-state index contributed by atoms with van der Waals surface area (Å²) in [6, 6.07) is 14.5. The van der Waals surface area contributed by atoms with Gasteiger partial charge in [0.1, 0.15) is 0 Å². The fourth-order valence-corrected chi connectivity index (χ4v) is 3.47. The molecule has 1 N–H and O–H groups in total. The Morgan fingerprint density at radius 2 is 1.32 bits per heavy atom. The van der Waals surface area contributed by atoms with Crippen LogP contribution >= 0.6 is 7.69 Å². The number of hydrogen-bond acceptors (Lipinski definition) is 1. The molecule has 2 aromatic rings. The first kappa shape index (κ1) is 14.0. The molecule has 0 fully saturated rings. The molecule has 1 atom stereocenters. The van der Waals surface area contributed by atoms with Crippen LogP contribution < -0.4 is 10.4 Å². The van der Waals surface area contributed by atoms with Crippen LogP contribution in [0.4, 0.5) is 12.6 Å². The van der Waals surface area contributed by atoms with Crippen molar-refractivity contribution >= 4 is 13.0 Å². The topological polar surface area (TPSA) is 12.0 Å². The fraction of sp³-hybridized carbons (Fsp3) is 0.143. The molecule has 0 bridgehead atoms. The van der Waals surface area contributed by atoms with Gasteiger partial charge in [-0.25, -0.2) is 0 Å². The van der Waals surface area contributed by atoms with Crippen molar-refractivity contribution in [3.63, 3.8) is 0 Å². The Hall–Kier alpha value is -1.38. The molecule has 2 rings (SSSR count). The third kappa shape index (κ3) is 3.34. The number of nitrogens with one attached hydrogen (secondary N) is 1. The fourth-order valence-electron chi connectivity index (χ4n) is 1.88. The second-order valence-corrected chi connectivity index (χ2v) is 6.80. The van der Waals surface area contributed by atoms with Crippen molar-refractivity contribution in [2.24, 2.45) is 0 Å². The predicted octanol–water partition coefficient (Wildman–Crippen LogP) is 4.78. The number of halogens is 3. The van der Waals surface area contributed by atoms with Gasteiger partial charge in [0.25, 0.3) is 0 Å². The van der Waals surface area contributed by atoms with Crippen LogP contribution in [0.1, 0.15) is 18.5 Å². The number of hydrogen-bond donors (Lipinski definition) is 1. The first-order valence-electron chi connectivity index (χ1n) is 5.93. The van der Waals surface area contributed by atoms with Crippen LogP contribution in [0.15, 0.2) is 60.7 Å². The van der Waals surface area contributed by atoms with Crippen molar-refractivity contribution in [3.05, 3.63) is 66.2 Å². The molecule has 0 aliphatic rings. The average molecular weight is 285 g/mol. The van der Waals surface area contributed by atoms with Crippen molar-refractivity contribution < 1.29 is 12.6 Å². The van der Waals surface area contributed by atoms with E-state index in [1.165, 1.54) is 19.1 Å². The predicted molar refractivity (Wildman–Crippen MR) is 74.3 cm³/mol. The summed E-state index contributed by atoms with van der Waals surface area (Å²) in [6.07, 6.45) is 0. The summed E-state index contributed by atoms with van der Waals surface area (Å²) in [7, 11) is -6.55. The maximum atomic E-state index is 14.1. The van der Waals surface area contributed by atoms with Gasteiger partial charge in [0.15, 0.2) is 0 Å². The monoisotopic (exact) mass is 285 g/mol. The van der Waals surface area contributed by atoms with Gasteiger partial charge in [-0.3, -0.25) is 0 Å². The number of benzene rings is 2. The Morgan fingerprint density at radius 3 is 1.84 bits per heavy atom. The molecule has 0 aliphatic heterocycles. The maximum absolute atomic E-state index is 14.1. The molecular formula is C14H15F3NP. The van der Waals surface area contributed by atoms with E-state index in [4.69, 9.17) is 0 Å². The molecule has 1 nitrogen and oxygen atoms in total. The molecule has 2 aromatic carbocycles. The van der Waals surface area contributed by atoms with E-state index in [0.717, 1.165) is 12.1 Å². The van der Waals surface area contributed by atoms with E-state index in [1.807, 2.05) is 5.09 Å². The Morgan fingerprint density at radius 1 is 0.842 bits per heavy atom. The second kappa shape index (κ2) is 4.95. The summed E-state index contributed by atoms with van der Waals surface area (Å²) in [5.74, 6) is 0. The van der Waals surface area contributed by atoms with Gasteiger partial charge in [0, 0.05) is 0 Å². The van der Waals surface area contributed by atoms with Crippen molar-refractivity contribution in [2.45, 2.75) is 13.0 Å². The van der Waals surface area contributed by atoms with Gasteiger partial charge in [-0.15, -0.1) is 0 Å².